The third kappa shape index (κ3) is 4.18. The van der Waals surface area contributed by atoms with Crippen molar-refractivity contribution in [3.63, 3.8) is 0 Å². The van der Waals surface area contributed by atoms with Crippen molar-refractivity contribution in [3.05, 3.63) is 10.6 Å². The summed E-state index contributed by atoms with van der Waals surface area (Å²) in [5, 5.41) is 4.62. The molecule has 1 rings (SSSR count). The number of thiazole rings is 1. The molecule has 0 spiro atoms. The average Bonchev–Trinajstić information content (AvgIpc) is 2.79. The molecule has 0 bridgehead atoms. The highest BCUT2D eigenvalue weighted by Crippen LogP contribution is 2.32. The molecule has 110 valence electrons. The Morgan fingerprint density at radius 2 is 1.89 bits per heavy atom. The molecule has 0 saturated carbocycles. The van der Waals surface area contributed by atoms with E-state index in [0.29, 0.717) is 12.0 Å². The molecule has 19 heavy (non-hydrogen) atoms. The van der Waals surface area contributed by atoms with Crippen molar-refractivity contribution in [3.8, 4) is 0 Å². The first-order chi connectivity index (χ1) is 9.04. The van der Waals surface area contributed by atoms with Crippen LogP contribution in [0.2, 0.25) is 0 Å². The van der Waals surface area contributed by atoms with Gasteiger partial charge in [-0.1, -0.05) is 20.8 Å². The summed E-state index contributed by atoms with van der Waals surface area (Å²) in [5.41, 5.74) is 1.29. The Bertz CT molecular complexity index is 373. The average molecular weight is 283 g/mol. The lowest BCUT2D eigenvalue weighted by atomic mass is 10.0. The molecular formula is C15H29N3S. The summed E-state index contributed by atoms with van der Waals surface area (Å²) in [6.45, 7) is 16.3. The molecule has 0 fully saturated rings. The highest BCUT2D eigenvalue weighted by Gasteiger charge is 2.19. The van der Waals surface area contributed by atoms with Gasteiger partial charge < -0.3 is 10.2 Å². The van der Waals surface area contributed by atoms with Gasteiger partial charge in [0.05, 0.1) is 5.69 Å². The number of nitrogens with one attached hydrogen (secondary N) is 1. The van der Waals surface area contributed by atoms with Gasteiger partial charge in [-0.15, -0.1) is 11.3 Å². The second-order valence-corrected chi connectivity index (χ2v) is 6.34. The van der Waals surface area contributed by atoms with Crippen molar-refractivity contribution in [2.24, 2.45) is 0 Å². The zero-order valence-electron chi connectivity index (χ0n) is 13.3. The van der Waals surface area contributed by atoms with Gasteiger partial charge in [-0.05, 0) is 39.7 Å². The van der Waals surface area contributed by atoms with Crippen LogP contribution in [-0.2, 0) is 6.54 Å². The molecule has 1 N–H and O–H groups in total. The van der Waals surface area contributed by atoms with Crippen molar-refractivity contribution in [1.29, 1.82) is 0 Å². The molecule has 3 nitrogen and oxygen atoms in total. The number of aromatic nitrogens is 1. The molecule has 0 aliphatic rings. The van der Waals surface area contributed by atoms with Gasteiger partial charge in [-0.3, -0.25) is 0 Å². The third-order valence-corrected chi connectivity index (χ3v) is 4.65. The largest absolute Gasteiger partial charge is 0.346 e. The minimum atomic E-state index is 0.507. The van der Waals surface area contributed by atoms with Crippen molar-refractivity contribution in [2.75, 3.05) is 18.0 Å². The van der Waals surface area contributed by atoms with Crippen molar-refractivity contribution in [2.45, 2.75) is 66.5 Å². The molecule has 1 atom stereocenters. The summed E-state index contributed by atoms with van der Waals surface area (Å²) in [7, 11) is 0. The molecule has 1 aromatic heterocycles. The lowest BCUT2D eigenvalue weighted by Gasteiger charge is -2.24. The topological polar surface area (TPSA) is 28.2 Å². The molecule has 0 aliphatic heterocycles. The maximum atomic E-state index is 4.93. The van der Waals surface area contributed by atoms with E-state index in [1.807, 2.05) is 11.3 Å². The summed E-state index contributed by atoms with van der Waals surface area (Å²) in [6, 6.07) is 0.507. The number of rotatable bonds is 8. The molecule has 1 unspecified atom stereocenters. The third-order valence-electron chi connectivity index (χ3n) is 3.54. The Morgan fingerprint density at radius 3 is 2.37 bits per heavy atom. The van der Waals surface area contributed by atoms with E-state index in [9.17, 15) is 0 Å². The van der Waals surface area contributed by atoms with Gasteiger partial charge in [0.2, 0.25) is 0 Å². The predicted octanol–water partition coefficient (Wildman–Crippen LogP) is 4.00. The van der Waals surface area contributed by atoms with Gasteiger partial charge in [0.15, 0.2) is 5.13 Å². The van der Waals surface area contributed by atoms with E-state index in [2.05, 4.69) is 51.8 Å². The molecular weight excluding hydrogens is 254 g/mol. The lowest BCUT2D eigenvalue weighted by molar-refractivity contribution is 0.668. The van der Waals surface area contributed by atoms with Crippen LogP contribution in [0.4, 0.5) is 5.13 Å². The van der Waals surface area contributed by atoms with Crippen molar-refractivity contribution in [1.82, 2.24) is 10.3 Å². The van der Waals surface area contributed by atoms with Crippen LogP contribution in [0, 0.1) is 0 Å². The first-order valence-corrected chi connectivity index (χ1v) is 8.33. The lowest BCUT2D eigenvalue weighted by Crippen LogP contribution is -2.30. The summed E-state index contributed by atoms with van der Waals surface area (Å²) < 4.78 is 0. The van der Waals surface area contributed by atoms with Crippen LogP contribution >= 0.6 is 11.3 Å². The maximum Gasteiger partial charge on any atom is 0.186 e. The highest BCUT2D eigenvalue weighted by molar-refractivity contribution is 7.15. The molecule has 4 heteroatoms. The Hall–Kier alpha value is -0.610. The molecule has 0 amide bonds. The van der Waals surface area contributed by atoms with Crippen LogP contribution in [0.5, 0.6) is 0 Å². The molecule has 0 aromatic carbocycles. The van der Waals surface area contributed by atoms with Crippen molar-refractivity contribution >= 4 is 16.5 Å². The second-order valence-electron chi connectivity index (χ2n) is 5.27. The molecule has 0 aliphatic carbocycles. The first-order valence-electron chi connectivity index (χ1n) is 7.51. The molecule has 0 saturated heterocycles. The summed E-state index contributed by atoms with van der Waals surface area (Å²) in [4.78, 5) is 8.72. The minimum Gasteiger partial charge on any atom is -0.346 e. The Kier molecular flexibility index (Phi) is 6.80. The van der Waals surface area contributed by atoms with Crippen LogP contribution in [-0.4, -0.2) is 24.1 Å². The van der Waals surface area contributed by atoms with Crippen LogP contribution in [0.1, 0.15) is 64.5 Å². The van der Waals surface area contributed by atoms with Crippen LogP contribution in [0.3, 0.4) is 0 Å². The van der Waals surface area contributed by atoms with E-state index in [1.54, 1.807) is 0 Å². The van der Waals surface area contributed by atoms with E-state index in [1.165, 1.54) is 15.7 Å². The maximum absolute atomic E-state index is 4.93. The summed E-state index contributed by atoms with van der Waals surface area (Å²) in [5.74, 6) is 0.546. The van der Waals surface area contributed by atoms with Crippen LogP contribution in [0.25, 0.3) is 0 Å². The fourth-order valence-corrected chi connectivity index (χ4v) is 3.49. The van der Waals surface area contributed by atoms with Gasteiger partial charge in [0.25, 0.3) is 0 Å². The Labute approximate surface area is 122 Å². The monoisotopic (exact) mass is 283 g/mol. The SMILES string of the molecule is CCNCc1sc(N(CC)C(C)C)nc1C(C)CC. The number of hydrogen-bond acceptors (Lipinski definition) is 4. The zero-order chi connectivity index (χ0) is 14.4. The number of anilines is 1. The van der Waals surface area contributed by atoms with E-state index in [0.717, 1.165) is 26.1 Å². The minimum absolute atomic E-state index is 0.507. The van der Waals surface area contributed by atoms with E-state index < -0.39 is 0 Å². The summed E-state index contributed by atoms with van der Waals surface area (Å²) >= 11 is 1.86. The quantitative estimate of drug-likeness (QED) is 0.781. The van der Waals surface area contributed by atoms with Gasteiger partial charge >= 0.3 is 0 Å². The second kappa shape index (κ2) is 7.85. The fraction of sp³-hybridized carbons (Fsp3) is 0.800. The zero-order valence-corrected chi connectivity index (χ0v) is 14.1. The number of nitrogens with zero attached hydrogens (tertiary/aromatic N) is 2. The van der Waals surface area contributed by atoms with E-state index >= 15 is 0 Å². The Morgan fingerprint density at radius 1 is 1.21 bits per heavy atom. The van der Waals surface area contributed by atoms with Gasteiger partial charge in [0.1, 0.15) is 0 Å². The first kappa shape index (κ1) is 16.4. The predicted molar refractivity (Wildman–Crippen MR) is 86.4 cm³/mol. The highest BCUT2D eigenvalue weighted by atomic mass is 32.1. The van der Waals surface area contributed by atoms with Crippen molar-refractivity contribution < 1.29 is 0 Å². The van der Waals surface area contributed by atoms with Gasteiger partial charge in [-0.25, -0.2) is 4.98 Å². The van der Waals surface area contributed by atoms with E-state index in [-0.39, 0.29) is 0 Å². The smallest absolute Gasteiger partial charge is 0.186 e. The Balaban J connectivity index is 3.04. The standard InChI is InChI=1S/C15H29N3S/c1-7-12(6)14-13(10-16-8-2)19-15(17-14)18(9-3)11(4)5/h11-12,16H,7-10H2,1-6H3. The van der Waals surface area contributed by atoms with E-state index in [4.69, 9.17) is 4.98 Å². The molecule has 0 radical (unpaired) electrons. The van der Waals surface area contributed by atoms with Gasteiger partial charge in [-0.2, -0.15) is 0 Å². The molecule has 1 aromatic rings. The molecule has 1 heterocycles. The van der Waals surface area contributed by atoms with Gasteiger partial charge in [0, 0.05) is 24.0 Å². The fourth-order valence-electron chi connectivity index (χ4n) is 2.14. The number of hydrogen-bond donors (Lipinski definition) is 1. The van der Waals surface area contributed by atoms with Crippen LogP contribution in [0.15, 0.2) is 0 Å². The van der Waals surface area contributed by atoms with Crippen LogP contribution < -0.4 is 10.2 Å². The summed E-state index contributed by atoms with van der Waals surface area (Å²) in [6.07, 6.45) is 1.15. The normalized spacial score (nSPS) is 13.0.